The largest absolute Gasteiger partial charge is 0.482 e. The Morgan fingerprint density at radius 1 is 1.29 bits per heavy atom. The predicted molar refractivity (Wildman–Crippen MR) is 95.1 cm³/mol. The number of nitrogens with one attached hydrogen (secondary N) is 1. The van der Waals surface area contributed by atoms with Crippen molar-refractivity contribution in [3.8, 4) is 5.75 Å². The van der Waals surface area contributed by atoms with Gasteiger partial charge >= 0.3 is 5.97 Å². The van der Waals surface area contributed by atoms with Gasteiger partial charge < -0.3 is 20.9 Å². The summed E-state index contributed by atoms with van der Waals surface area (Å²) in [7, 11) is 0. The smallest absolute Gasteiger partial charge is 0.345 e. The van der Waals surface area contributed by atoms with Gasteiger partial charge in [-0.15, -0.1) is 22.7 Å². The summed E-state index contributed by atoms with van der Waals surface area (Å²) in [5, 5.41) is 13.3. The molecule has 0 aliphatic carbocycles. The molecule has 4 N–H and O–H groups in total. The summed E-state index contributed by atoms with van der Waals surface area (Å²) < 4.78 is 7.31. The molecule has 0 unspecified atom stereocenters. The summed E-state index contributed by atoms with van der Waals surface area (Å²) in [6.07, 6.45) is 0. The second-order valence-electron chi connectivity index (χ2n) is 4.94. The molecule has 0 fully saturated rings. The van der Waals surface area contributed by atoms with Crippen LogP contribution < -0.4 is 15.8 Å². The zero-order chi connectivity index (χ0) is 17.1. The van der Waals surface area contributed by atoms with Gasteiger partial charge in [-0.2, -0.15) is 0 Å². The van der Waals surface area contributed by atoms with Gasteiger partial charge in [0.1, 0.15) is 10.6 Å². The van der Waals surface area contributed by atoms with Crippen molar-refractivity contribution >= 4 is 49.6 Å². The number of amides is 1. The van der Waals surface area contributed by atoms with Gasteiger partial charge in [0, 0.05) is 15.9 Å². The third-order valence-corrected chi connectivity index (χ3v) is 5.34. The van der Waals surface area contributed by atoms with Gasteiger partial charge in [-0.25, -0.2) is 4.79 Å². The number of aromatic carboxylic acids is 1. The lowest BCUT2D eigenvalue weighted by molar-refractivity contribution is -0.118. The van der Waals surface area contributed by atoms with Crippen molar-refractivity contribution in [2.75, 3.05) is 11.9 Å². The van der Waals surface area contributed by atoms with E-state index in [9.17, 15) is 9.59 Å². The van der Waals surface area contributed by atoms with E-state index in [-0.39, 0.29) is 12.5 Å². The molecule has 0 saturated carbocycles. The molecule has 1 aromatic carbocycles. The lowest BCUT2D eigenvalue weighted by Gasteiger charge is -2.18. The Balaban J connectivity index is 0.000000143. The van der Waals surface area contributed by atoms with Gasteiger partial charge in [-0.1, -0.05) is 6.07 Å². The van der Waals surface area contributed by atoms with Crippen LogP contribution >= 0.6 is 22.7 Å². The van der Waals surface area contributed by atoms with Crippen LogP contribution in [0.2, 0.25) is 0 Å². The van der Waals surface area contributed by atoms with E-state index >= 15 is 0 Å². The van der Waals surface area contributed by atoms with E-state index in [1.165, 1.54) is 11.3 Å². The molecule has 0 atom stereocenters. The van der Waals surface area contributed by atoms with E-state index in [0.717, 1.165) is 15.0 Å². The summed E-state index contributed by atoms with van der Waals surface area (Å²) in [4.78, 5) is 21.9. The van der Waals surface area contributed by atoms with Crippen LogP contribution in [-0.4, -0.2) is 23.6 Å². The topological polar surface area (TPSA) is 102 Å². The number of thiophene rings is 2. The molecule has 6 nitrogen and oxygen atoms in total. The molecule has 8 heteroatoms. The SMILES string of the molecule is NCc1ccc2c(c1)NC(=O)CO2.O=C(O)c1cc2sccc2s1. The Bertz CT molecular complexity index is 872. The Morgan fingerprint density at radius 2 is 2.12 bits per heavy atom. The number of carboxylic acids is 1. The normalized spacial score (nSPS) is 12.6. The number of carboxylic acid groups (broad SMARTS) is 1. The average molecular weight is 362 g/mol. The maximum absolute atomic E-state index is 11.0. The van der Waals surface area contributed by atoms with Crippen LogP contribution in [0.25, 0.3) is 9.40 Å². The van der Waals surface area contributed by atoms with Gasteiger partial charge in [0.2, 0.25) is 0 Å². The van der Waals surface area contributed by atoms with Gasteiger partial charge in [0.05, 0.1) is 5.69 Å². The highest BCUT2D eigenvalue weighted by molar-refractivity contribution is 7.27. The van der Waals surface area contributed by atoms with Gasteiger partial charge in [0.25, 0.3) is 5.91 Å². The van der Waals surface area contributed by atoms with Crippen molar-refractivity contribution in [2.45, 2.75) is 6.54 Å². The van der Waals surface area contributed by atoms with E-state index in [1.54, 1.807) is 17.4 Å². The first-order valence-electron chi connectivity index (χ1n) is 7.03. The monoisotopic (exact) mass is 362 g/mol. The fraction of sp³-hybridized carbons (Fsp3) is 0.125. The quantitative estimate of drug-likeness (QED) is 0.650. The number of rotatable bonds is 2. The fourth-order valence-electron chi connectivity index (χ4n) is 2.13. The first kappa shape index (κ1) is 16.4. The second-order valence-corrected chi connectivity index (χ2v) is 6.97. The van der Waals surface area contributed by atoms with Crippen LogP contribution in [0.5, 0.6) is 5.75 Å². The lowest BCUT2D eigenvalue weighted by atomic mass is 10.1. The molecule has 1 amide bonds. The summed E-state index contributed by atoms with van der Waals surface area (Å²) in [5.41, 5.74) is 7.15. The zero-order valence-corrected chi connectivity index (χ0v) is 14.1. The highest BCUT2D eigenvalue weighted by Gasteiger charge is 2.15. The van der Waals surface area contributed by atoms with Crippen LogP contribution in [0.15, 0.2) is 35.7 Å². The van der Waals surface area contributed by atoms with E-state index in [2.05, 4.69) is 5.32 Å². The second kappa shape index (κ2) is 7.00. The van der Waals surface area contributed by atoms with Crippen LogP contribution in [0.3, 0.4) is 0 Å². The van der Waals surface area contributed by atoms with Crippen LogP contribution in [0.4, 0.5) is 5.69 Å². The number of fused-ring (bicyclic) bond motifs is 2. The molecule has 24 heavy (non-hydrogen) atoms. The summed E-state index contributed by atoms with van der Waals surface area (Å²) in [6, 6.07) is 9.18. The van der Waals surface area contributed by atoms with Crippen molar-refractivity contribution in [3.05, 3.63) is 46.2 Å². The number of carbonyl (C=O) groups is 2. The Kier molecular flexibility index (Phi) is 4.79. The molecule has 2 aromatic heterocycles. The number of nitrogens with two attached hydrogens (primary N) is 1. The third kappa shape index (κ3) is 3.56. The number of hydrogen-bond donors (Lipinski definition) is 3. The fourth-order valence-corrected chi connectivity index (χ4v) is 4.08. The zero-order valence-electron chi connectivity index (χ0n) is 12.4. The number of carbonyl (C=O) groups excluding carboxylic acids is 1. The predicted octanol–water partition coefficient (Wildman–Crippen LogP) is 3.14. The minimum atomic E-state index is -0.835. The van der Waals surface area contributed by atoms with E-state index in [1.807, 2.05) is 29.6 Å². The number of anilines is 1. The molecule has 1 aliphatic rings. The lowest BCUT2D eigenvalue weighted by Crippen LogP contribution is -2.25. The molecule has 0 saturated heterocycles. The molecule has 3 aromatic rings. The molecular formula is C16H14N2O4S2. The molecule has 0 spiro atoms. The minimum absolute atomic E-state index is 0.0922. The van der Waals surface area contributed by atoms with Crippen molar-refractivity contribution in [1.82, 2.24) is 0 Å². The molecule has 0 radical (unpaired) electrons. The Hall–Kier alpha value is -2.42. The van der Waals surface area contributed by atoms with E-state index in [0.29, 0.717) is 22.9 Å². The molecule has 4 rings (SSSR count). The molecule has 124 valence electrons. The summed E-state index contributed by atoms with van der Waals surface area (Å²) >= 11 is 2.90. The Labute approximate surface area is 145 Å². The number of benzene rings is 1. The van der Waals surface area contributed by atoms with Gasteiger partial charge in [0.15, 0.2) is 6.61 Å². The first-order chi connectivity index (χ1) is 11.6. The maximum atomic E-state index is 11.0. The van der Waals surface area contributed by atoms with Crippen molar-refractivity contribution < 1.29 is 19.4 Å². The van der Waals surface area contributed by atoms with E-state index in [4.69, 9.17) is 15.6 Å². The standard InChI is InChI=1S/C9H10N2O2.C7H4O2S2/c10-4-6-1-2-8-7(3-6)11-9(12)5-13-8;8-7(9)6-3-5-4(11-6)1-2-10-5/h1-3H,4-5,10H2,(H,11,12);1-3H,(H,8,9). The first-order valence-corrected chi connectivity index (χ1v) is 8.72. The third-order valence-electron chi connectivity index (χ3n) is 3.26. The van der Waals surface area contributed by atoms with Crippen LogP contribution in [0, 0.1) is 0 Å². The minimum Gasteiger partial charge on any atom is -0.482 e. The summed E-state index contributed by atoms with van der Waals surface area (Å²) in [6.45, 7) is 0.554. The number of hydrogen-bond acceptors (Lipinski definition) is 6. The molecular weight excluding hydrogens is 348 g/mol. The molecule has 3 heterocycles. The Morgan fingerprint density at radius 3 is 2.83 bits per heavy atom. The molecule has 1 aliphatic heterocycles. The van der Waals surface area contributed by atoms with Gasteiger partial charge in [-0.3, -0.25) is 4.79 Å². The summed E-state index contributed by atoms with van der Waals surface area (Å²) in [5.74, 6) is -0.253. The van der Waals surface area contributed by atoms with Crippen LogP contribution in [-0.2, 0) is 11.3 Å². The van der Waals surface area contributed by atoms with Crippen molar-refractivity contribution in [3.63, 3.8) is 0 Å². The average Bonchev–Trinajstić information content (AvgIpc) is 3.16. The van der Waals surface area contributed by atoms with Gasteiger partial charge in [-0.05, 0) is 35.2 Å². The van der Waals surface area contributed by atoms with Crippen molar-refractivity contribution in [1.29, 1.82) is 0 Å². The molecule has 0 bridgehead atoms. The van der Waals surface area contributed by atoms with Crippen molar-refractivity contribution in [2.24, 2.45) is 5.73 Å². The van der Waals surface area contributed by atoms with Crippen LogP contribution in [0.1, 0.15) is 15.2 Å². The number of ether oxygens (including phenoxy) is 1. The maximum Gasteiger partial charge on any atom is 0.345 e. The highest BCUT2D eigenvalue weighted by Crippen LogP contribution is 2.30. The highest BCUT2D eigenvalue weighted by atomic mass is 32.1. The van der Waals surface area contributed by atoms with E-state index < -0.39 is 5.97 Å².